The van der Waals surface area contributed by atoms with Crippen LogP contribution >= 0.6 is 0 Å². The van der Waals surface area contributed by atoms with Crippen LogP contribution in [0.3, 0.4) is 0 Å². The summed E-state index contributed by atoms with van der Waals surface area (Å²) in [6.45, 7) is 2.99. The Hall–Kier alpha value is -1.61. The molecule has 1 aromatic carbocycles. The van der Waals surface area contributed by atoms with Crippen molar-refractivity contribution >= 4 is 5.97 Å². The van der Waals surface area contributed by atoms with Crippen molar-refractivity contribution in [3.63, 3.8) is 0 Å². The monoisotopic (exact) mass is 248 g/mol. The molecule has 0 spiro atoms. The Bertz CT molecular complexity index is 371. The maximum atomic E-state index is 10.8. The van der Waals surface area contributed by atoms with E-state index in [1.807, 2.05) is 49.4 Å². The molecule has 3 nitrogen and oxygen atoms in total. The second-order valence-electron chi connectivity index (χ2n) is 4.15. The van der Waals surface area contributed by atoms with Gasteiger partial charge in [-0.1, -0.05) is 49.4 Å². The molecule has 98 valence electrons. The summed E-state index contributed by atoms with van der Waals surface area (Å²) in [4.78, 5) is 10.8. The Morgan fingerprint density at radius 3 is 2.67 bits per heavy atom. The second kappa shape index (κ2) is 8.48. The van der Waals surface area contributed by atoms with Crippen molar-refractivity contribution in [3.05, 3.63) is 48.0 Å². The fourth-order valence-corrected chi connectivity index (χ4v) is 1.59. The highest BCUT2D eigenvalue weighted by atomic mass is 16.5. The summed E-state index contributed by atoms with van der Waals surface area (Å²) in [6.07, 6.45) is 4.99. The lowest BCUT2D eigenvalue weighted by molar-refractivity contribution is -0.141. The van der Waals surface area contributed by atoms with Gasteiger partial charge in [0.1, 0.15) is 0 Å². The maximum absolute atomic E-state index is 10.8. The van der Waals surface area contributed by atoms with E-state index in [-0.39, 0.29) is 5.92 Å². The minimum atomic E-state index is -0.729. The van der Waals surface area contributed by atoms with Gasteiger partial charge in [0.15, 0.2) is 0 Å². The fourth-order valence-electron chi connectivity index (χ4n) is 1.59. The molecule has 0 saturated carbocycles. The van der Waals surface area contributed by atoms with E-state index in [2.05, 4.69) is 0 Å². The predicted molar refractivity (Wildman–Crippen MR) is 71.3 cm³/mol. The van der Waals surface area contributed by atoms with Crippen molar-refractivity contribution in [2.75, 3.05) is 6.61 Å². The Labute approximate surface area is 108 Å². The van der Waals surface area contributed by atoms with Crippen molar-refractivity contribution in [3.8, 4) is 0 Å². The van der Waals surface area contributed by atoms with Crippen LogP contribution in [0.2, 0.25) is 0 Å². The molecule has 1 N–H and O–H groups in total. The summed E-state index contributed by atoms with van der Waals surface area (Å²) in [7, 11) is 0. The zero-order chi connectivity index (χ0) is 13.2. The van der Waals surface area contributed by atoms with E-state index in [0.717, 1.165) is 5.56 Å². The molecule has 0 aliphatic rings. The molecule has 0 unspecified atom stereocenters. The Balaban J connectivity index is 2.16. The van der Waals surface area contributed by atoms with Gasteiger partial charge in [-0.2, -0.15) is 0 Å². The number of carboxylic acids is 1. The number of ether oxygens (including phenoxy) is 1. The number of hydrogen-bond acceptors (Lipinski definition) is 2. The minimum absolute atomic E-state index is 0.282. The summed E-state index contributed by atoms with van der Waals surface area (Å²) >= 11 is 0. The molecular weight excluding hydrogens is 228 g/mol. The van der Waals surface area contributed by atoms with Crippen molar-refractivity contribution in [1.82, 2.24) is 0 Å². The van der Waals surface area contributed by atoms with Gasteiger partial charge in [-0.15, -0.1) is 0 Å². The van der Waals surface area contributed by atoms with Crippen molar-refractivity contribution in [1.29, 1.82) is 0 Å². The van der Waals surface area contributed by atoms with Gasteiger partial charge in [-0.05, 0) is 18.4 Å². The van der Waals surface area contributed by atoms with Crippen LogP contribution in [0, 0.1) is 5.92 Å². The van der Waals surface area contributed by atoms with E-state index in [1.54, 1.807) is 0 Å². The Kier molecular flexibility index (Phi) is 6.81. The normalized spacial score (nSPS) is 12.7. The first-order valence-corrected chi connectivity index (χ1v) is 6.23. The van der Waals surface area contributed by atoms with E-state index < -0.39 is 5.97 Å². The van der Waals surface area contributed by atoms with Crippen molar-refractivity contribution in [2.24, 2.45) is 5.92 Å². The summed E-state index contributed by atoms with van der Waals surface area (Å²) in [5.74, 6) is -1.01. The number of carbonyl (C=O) groups is 1. The summed E-state index contributed by atoms with van der Waals surface area (Å²) in [6, 6.07) is 9.96. The lowest BCUT2D eigenvalue weighted by atomic mass is 10.0. The standard InChI is InChI=1S/C15H20O3/c1-2-14(15(16)17)10-6-7-11-18-12-13-8-4-3-5-9-13/h3-9,14H,2,10-12H2,1H3,(H,16,17)/b7-6+/t14-/m1/s1. The predicted octanol–water partition coefficient (Wildman–Crippen LogP) is 3.26. The van der Waals surface area contributed by atoms with Gasteiger partial charge in [0.25, 0.3) is 0 Å². The molecule has 0 amide bonds. The van der Waals surface area contributed by atoms with Crippen LogP contribution in [-0.2, 0) is 16.1 Å². The third-order valence-corrected chi connectivity index (χ3v) is 2.75. The fraction of sp³-hybridized carbons (Fsp3) is 0.400. The van der Waals surface area contributed by atoms with Crippen LogP contribution in [-0.4, -0.2) is 17.7 Å². The summed E-state index contributed by atoms with van der Waals surface area (Å²) in [5.41, 5.74) is 1.14. The van der Waals surface area contributed by atoms with Crippen molar-refractivity contribution in [2.45, 2.75) is 26.4 Å². The van der Waals surface area contributed by atoms with Crippen molar-refractivity contribution < 1.29 is 14.6 Å². The van der Waals surface area contributed by atoms with E-state index >= 15 is 0 Å². The average Bonchev–Trinajstić information content (AvgIpc) is 2.38. The van der Waals surface area contributed by atoms with Gasteiger partial charge in [-0.3, -0.25) is 4.79 Å². The van der Waals surface area contributed by atoms with Gasteiger partial charge < -0.3 is 9.84 Å². The molecule has 0 fully saturated rings. The third-order valence-electron chi connectivity index (χ3n) is 2.75. The minimum Gasteiger partial charge on any atom is -0.481 e. The molecular formula is C15H20O3. The molecule has 3 heteroatoms. The van der Waals surface area contributed by atoms with E-state index in [4.69, 9.17) is 9.84 Å². The number of allylic oxidation sites excluding steroid dienone is 1. The largest absolute Gasteiger partial charge is 0.481 e. The highest BCUT2D eigenvalue weighted by molar-refractivity contribution is 5.70. The topological polar surface area (TPSA) is 46.5 Å². The SMILES string of the molecule is CC[C@H](C/C=C/COCc1ccccc1)C(=O)O. The molecule has 0 aliphatic carbocycles. The highest BCUT2D eigenvalue weighted by Gasteiger charge is 2.11. The quantitative estimate of drug-likeness (QED) is 0.567. The molecule has 0 heterocycles. The number of carboxylic acid groups (broad SMARTS) is 1. The van der Waals surface area contributed by atoms with Crippen LogP contribution in [0.15, 0.2) is 42.5 Å². The first-order chi connectivity index (χ1) is 8.74. The van der Waals surface area contributed by atoms with Gasteiger partial charge in [0.05, 0.1) is 19.1 Å². The number of benzene rings is 1. The van der Waals surface area contributed by atoms with E-state index in [0.29, 0.717) is 26.1 Å². The molecule has 0 aromatic heterocycles. The molecule has 1 aromatic rings. The smallest absolute Gasteiger partial charge is 0.306 e. The zero-order valence-corrected chi connectivity index (χ0v) is 10.7. The van der Waals surface area contributed by atoms with Gasteiger partial charge >= 0.3 is 5.97 Å². The lowest BCUT2D eigenvalue weighted by Crippen LogP contribution is -2.11. The first-order valence-electron chi connectivity index (χ1n) is 6.23. The number of rotatable bonds is 8. The molecule has 1 rings (SSSR count). The van der Waals surface area contributed by atoms with Crippen LogP contribution in [0.25, 0.3) is 0 Å². The van der Waals surface area contributed by atoms with Gasteiger partial charge in [-0.25, -0.2) is 0 Å². The number of aliphatic carboxylic acids is 1. The second-order valence-corrected chi connectivity index (χ2v) is 4.15. The van der Waals surface area contributed by atoms with Gasteiger partial charge in [0.2, 0.25) is 0 Å². The van der Waals surface area contributed by atoms with Gasteiger partial charge in [0, 0.05) is 0 Å². The molecule has 0 bridgehead atoms. The first kappa shape index (κ1) is 14.5. The molecule has 0 aliphatic heterocycles. The average molecular weight is 248 g/mol. The summed E-state index contributed by atoms with van der Waals surface area (Å²) < 4.78 is 5.46. The summed E-state index contributed by atoms with van der Waals surface area (Å²) in [5, 5.41) is 8.86. The Morgan fingerprint density at radius 2 is 2.06 bits per heavy atom. The molecule has 0 radical (unpaired) electrons. The van der Waals surface area contributed by atoms with E-state index in [9.17, 15) is 4.79 Å². The van der Waals surface area contributed by atoms with Crippen LogP contribution in [0.4, 0.5) is 0 Å². The highest BCUT2D eigenvalue weighted by Crippen LogP contribution is 2.08. The zero-order valence-electron chi connectivity index (χ0n) is 10.7. The number of hydrogen-bond donors (Lipinski definition) is 1. The third kappa shape index (κ3) is 5.64. The Morgan fingerprint density at radius 1 is 1.33 bits per heavy atom. The maximum Gasteiger partial charge on any atom is 0.306 e. The molecule has 1 atom stereocenters. The van der Waals surface area contributed by atoms with Crippen LogP contribution < -0.4 is 0 Å². The molecule has 18 heavy (non-hydrogen) atoms. The van der Waals surface area contributed by atoms with Crippen LogP contribution in [0.5, 0.6) is 0 Å². The lowest BCUT2D eigenvalue weighted by Gasteiger charge is -2.05. The molecule has 0 saturated heterocycles. The van der Waals surface area contributed by atoms with E-state index in [1.165, 1.54) is 0 Å². The van der Waals surface area contributed by atoms with Crippen LogP contribution in [0.1, 0.15) is 25.3 Å².